The molecule has 0 unspecified atom stereocenters. The van der Waals surface area contributed by atoms with Crippen molar-refractivity contribution in [1.82, 2.24) is 4.90 Å². The van der Waals surface area contributed by atoms with Crippen molar-refractivity contribution in [3.05, 3.63) is 140 Å². The van der Waals surface area contributed by atoms with Gasteiger partial charge in [-0.3, -0.25) is 9.59 Å². The van der Waals surface area contributed by atoms with Gasteiger partial charge in [-0.2, -0.15) is 0 Å². The third kappa shape index (κ3) is 6.01. The van der Waals surface area contributed by atoms with Gasteiger partial charge in [0.25, 0.3) is 5.91 Å². The highest BCUT2D eigenvalue weighted by atomic mass is 35.5. The molecule has 1 saturated heterocycles. The smallest absolute Gasteiger partial charge is 0.253 e. The second-order valence-corrected chi connectivity index (χ2v) is 10.8. The predicted molar refractivity (Wildman–Crippen MR) is 154 cm³/mol. The minimum absolute atomic E-state index is 0.152. The molecule has 1 aliphatic rings. The number of nitrogens with two attached hydrogens (primary N) is 1. The van der Waals surface area contributed by atoms with Crippen molar-refractivity contribution in [2.45, 2.75) is 30.7 Å². The van der Waals surface area contributed by atoms with E-state index in [1.807, 2.05) is 12.1 Å². The molecule has 0 saturated carbocycles. The fourth-order valence-electron chi connectivity index (χ4n) is 5.03. The van der Waals surface area contributed by atoms with Crippen LogP contribution in [0.3, 0.4) is 0 Å². The lowest BCUT2D eigenvalue weighted by molar-refractivity contribution is -0.181. The van der Waals surface area contributed by atoms with Crippen LogP contribution in [-0.2, 0) is 20.7 Å². The number of hydrogen-bond acceptors (Lipinski definition) is 3. The first kappa shape index (κ1) is 28.1. The Labute approximate surface area is 246 Å². The molecule has 0 radical (unpaired) electrons. The van der Waals surface area contributed by atoms with E-state index in [0.717, 1.165) is 5.56 Å². The summed E-state index contributed by atoms with van der Waals surface area (Å²) in [5.74, 6) is -1.54. The maximum absolute atomic E-state index is 14.3. The van der Waals surface area contributed by atoms with E-state index in [2.05, 4.69) is 0 Å². The first-order valence-electron chi connectivity index (χ1n) is 12.5. The lowest BCUT2D eigenvalue weighted by atomic mass is 9.88. The molecule has 2 amide bonds. The lowest BCUT2D eigenvalue weighted by Crippen LogP contribution is -2.55. The van der Waals surface area contributed by atoms with E-state index in [4.69, 9.17) is 45.3 Å². The summed E-state index contributed by atoms with van der Waals surface area (Å²) in [7, 11) is 0. The molecule has 2 N–H and O–H groups in total. The summed E-state index contributed by atoms with van der Waals surface area (Å²) in [6.07, 6.45) is -1.56. The van der Waals surface area contributed by atoms with Crippen LogP contribution in [0.2, 0.25) is 15.1 Å². The molecule has 1 heterocycles. The van der Waals surface area contributed by atoms with Crippen LogP contribution >= 0.6 is 34.8 Å². The van der Waals surface area contributed by atoms with Crippen LogP contribution in [0, 0.1) is 5.82 Å². The van der Waals surface area contributed by atoms with Gasteiger partial charge in [-0.1, -0.05) is 83.3 Å². The highest BCUT2D eigenvalue weighted by molar-refractivity contribution is 6.31. The second-order valence-electron chi connectivity index (χ2n) is 9.53. The Hall–Kier alpha value is -3.42. The molecule has 4 atom stereocenters. The quantitative estimate of drug-likeness (QED) is 0.244. The standard InChI is InChI=1S/C31H24Cl3FN2O3/c32-22-9-3-19(4-10-22)27-29(21-7-13-24(34)14-8-21)40-26(17-18-1-15-25(35)16-2-18)31(39)37(27)28(30(36)38)20-5-11-23(33)12-6-20/h1-16,26-29H,17H2,(H2,36,38)/t26-,27+,28+,29-/m1/s1. The molecule has 1 aliphatic heterocycles. The number of carbonyl (C=O) groups is 2. The first-order chi connectivity index (χ1) is 19.2. The van der Waals surface area contributed by atoms with Crippen LogP contribution in [0.15, 0.2) is 97.1 Å². The molecular weight excluding hydrogens is 574 g/mol. The van der Waals surface area contributed by atoms with Crippen LogP contribution in [0.5, 0.6) is 0 Å². The average Bonchev–Trinajstić information content (AvgIpc) is 2.94. The molecule has 4 aromatic carbocycles. The first-order valence-corrected chi connectivity index (χ1v) is 13.6. The Morgan fingerprint density at radius 2 is 1.30 bits per heavy atom. The largest absolute Gasteiger partial charge is 0.368 e. The highest BCUT2D eigenvalue weighted by Crippen LogP contribution is 2.46. The van der Waals surface area contributed by atoms with E-state index < -0.39 is 36.1 Å². The molecular formula is C31H24Cl3FN2O3. The SMILES string of the molecule is NC(=O)[C@H](c1ccc(Cl)cc1)N1C(=O)[C@@H](Cc2ccc(F)cc2)O[C@H](c2ccc(Cl)cc2)[C@@H]1c1ccc(Cl)cc1. The van der Waals surface area contributed by atoms with Crippen LogP contribution in [0.4, 0.5) is 4.39 Å². The highest BCUT2D eigenvalue weighted by Gasteiger charge is 2.48. The van der Waals surface area contributed by atoms with Crippen molar-refractivity contribution >= 4 is 46.6 Å². The summed E-state index contributed by atoms with van der Waals surface area (Å²) < 4.78 is 20.1. The molecule has 5 rings (SSSR count). The van der Waals surface area contributed by atoms with Gasteiger partial charge in [-0.25, -0.2) is 4.39 Å². The monoisotopic (exact) mass is 596 g/mol. The van der Waals surface area contributed by atoms with E-state index >= 15 is 0 Å². The van der Waals surface area contributed by atoms with Crippen LogP contribution in [-0.4, -0.2) is 22.8 Å². The molecule has 0 aliphatic carbocycles. The third-order valence-electron chi connectivity index (χ3n) is 6.91. The molecule has 40 heavy (non-hydrogen) atoms. The van der Waals surface area contributed by atoms with Gasteiger partial charge in [0.15, 0.2) is 0 Å². The molecule has 1 fully saturated rings. The van der Waals surface area contributed by atoms with Gasteiger partial charge in [0, 0.05) is 21.5 Å². The maximum Gasteiger partial charge on any atom is 0.253 e. The second kappa shape index (κ2) is 12.0. The van der Waals surface area contributed by atoms with E-state index in [0.29, 0.717) is 31.8 Å². The summed E-state index contributed by atoms with van der Waals surface area (Å²) in [5, 5.41) is 1.53. The zero-order valence-corrected chi connectivity index (χ0v) is 23.3. The lowest BCUT2D eigenvalue weighted by Gasteiger charge is -2.47. The Morgan fingerprint density at radius 3 is 1.82 bits per heavy atom. The van der Waals surface area contributed by atoms with Crippen molar-refractivity contribution in [2.75, 3.05) is 0 Å². The number of morpholine rings is 1. The number of rotatable bonds is 7. The van der Waals surface area contributed by atoms with Crippen LogP contribution in [0.25, 0.3) is 0 Å². The number of halogens is 4. The van der Waals surface area contributed by atoms with Gasteiger partial charge in [0.1, 0.15) is 24.1 Å². The molecule has 0 spiro atoms. The molecule has 204 valence electrons. The average molecular weight is 598 g/mol. The zero-order valence-electron chi connectivity index (χ0n) is 21.0. The number of carbonyl (C=O) groups excluding carboxylic acids is 2. The fourth-order valence-corrected chi connectivity index (χ4v) is 5.41. The zero-order chi connectivity index (χ0) is 28.4. The summed E-state index contributed by atoms with van der Waals surface area (Å²) in [5.41, 5.74) is 8.63. The van der Waals surface area contributed by atoms with E-state index in [1.165, 1.54) is 17.0 Å². The number of primary amides is 1. The van der Waals surface area contributed by atoms with Crippen molar-refractivity contribution in [3.8, 4) is 0 Å². The number of amides is 2. The van der Waals surface area contributed by atoms with Crippen LogP contribution < -0.4 is 5.73 Å². The van der Waals surface area contributed by atoms with Gasteiger partial charge in [-0.15, -0.1) is 0 Å². The maximum atomic E-state index is 14.3. The van der Waals surface area contributed by atoms with E-state index in [-0.39, 0.29) is 12.2 Å². The van der Waals surface area contributed by atoms with Gasteiger partial charge in [0.2, 0.25) is 5.91 Å². The minimum atomic E-state index is -1.14. The predicted octanol–water partition coefficient (Wildman–Crippen LogP) is 7.27. The molecule has 0 bridgehead atoms. The fraction of sp³-hybridized carbons (Fsp3) is 0.161. The van der Waals surface area contributed by atoms with E-state index in [9.17, 15) is 14.0 Å². The number of benzene rings is 4. The van der Waals surface area contributed by atoms with Crippen molar-refractivity contribution in [2.24, 2.45) is 5.73 Å². The summed E-state index contributed by atoms with van der Waals surface area (Å²) in [4.78, 5) is 28.9. The van der Waals surface area contributed by atoms with Gasteiger partial charge in [-0.05, 0) is 70.8 Å². The molecule has 4 aromatic rings. The topological polar surface area (TPSA) is 72.6 Å². The Balaban J connectivity index is 1.68. The van der Waals surface area contributed by atoms with Gasteiger partial charge >= 0.3 is 0 Å². The minimum Gasteiger partial charge on any atom is -0.368 e. The number of nitrogens with zero attached hydrogens (tertiary/aromatic N) is 1. The van der Waals surface area contributed by atoms with Crippen molar-refractivity contribution in [1.29, 1.82) is 0 Å². The van der Waals surface area contributed by atoms with Crippen molar-refractivity contribution in [3.63, 3.8) is 0 Å². The van der Waals surface area contributed by atoms with Crippen molar-refractivity contribution < 1.29 is 18.7 Å². The Bertz CT molecular complexity index is 1500. The molecule has 9 heteroatoms. The molecule has 0 aromatic heterocycles. The Morgan fingerprint density at radius 1 is 0.800 bits per heavy atom. The Kier molecular flexibility index (Phi) is 8.43. The third-order valence-corrected chi connectivity index (χ3v) is 7.66. The summed E-state index contributed by atoms with van der Waals surface area (Å²) in [6, 6.07) is 24.7. The van der Waals surface area contributed by atoms with Gasteiger partial charge < -0.3 is 15.4 Å². The van der Waals surface area contributed by atoms with Crippen LogP contribution in [0.1, 0.15) is 40.4 Å². The summed E-state index contributed by atoms with van der Waals surface area (Å²) in [6.45, 7) is 0. The van der Waals surface area contributed by atoms with E-state index in [1.54, 1.807) is 72.8 Å². The normalized spacial score (nSPS) is 19.9. The number of ether oxygens (including phenoxy) is 1. The molecule has 5 nitrogen and oxygen atoms in total. The summed E-state index contributed by atoms with van der Waals surface area (Å²) >= 11 is 18.5. The number of hydrogen-bond donors (Lipinski definition) is 1. The van der Waals surface area contributed by atoms with Gasteiger partial charge in [0.05, 0.1) is 6.04 Å².